The van der Waals surface area contributed by atoms with E-state index in [0.29, 0.717) is 5.92 Å². The van der Waals surface area contributed by atoms with E-state index >= 15 is 0 Å². The summed E-state index contributed by atoms with van der Waals surface area (Å²) < 4.78 is 5.72. The lowest BCUT2D eigenvalue weighted by Gasteiger charge is -2.23. The molecule has 0 bridgehead atoms. The van der Waals surface area contributed by atoms with Crippen LogP contribution in [0.2, 0.25) is 0 Å². The zero-order valence-electron chi connectivity index (χ0n) is 10.6. The maximum absolute atomic E-state index is 10.3. The monoisotopic (exact) mass is 244 g/mol. The van der Waals surface area contributed by atoms with Crippen molar-refractivity contribution in [2.24, 2.45) is 5.92 Å². The second-order valence-electron chi connectivity index (χ2n) is 5.44. The molecule has 1 fully saturated rings. The number of fused-ring (bicyclic) bond motifs is 1. The van der Waals surface area contributed by atoms with Gasteiger partial charge in [0, 0.05) is 5.39 Å². The van der Waals surface area contributed by atoms with E-state index in [2.05, 4.69) is 0 Å². The molecule has 1 aromatic carbocycles. The predicted molar refractivity (Wildman–Crippen MR) is 72.4 cm³/mol. The van der Waals surface area contributed by atoms with Crippen LogP contribution in [0.5, 0.6) is 0 Å². The fourth-order valence-corrected chi connectivity index (χ4v) is 3.02. The van der Waals surface area contributed by atoms with Crippen LogP contribution in [0.1, 0.15) is 50.4 Å². The number of benzene rings is 1. The molecule has 0 radical (unpaired) electrons. The van der Waals surface area contributed by atoms with Gasteiger partial charge < -0.3 is 9.52 Å². The maximum atomic E-state index is 10.3. The van der Waals surface area contributed by atoms with Gasteiger partial charge in [-0.25, -0.2) is 0 Å². The molecule has 1 aromatic heterocycles. The summed E-state index contributed by atoms with van der Waals surface area (Å²) in [7, 11) is 0. The summed E-state index contributed by atoms with van der Waals surface area (Å²) in [5, 5.41) is 11.4. The highest BCUT2D eigenvalue weighted by Gasteiger charge is 2.20. The number of para-hydroxylation sites is 1. The third-order valence-corrected chi connectivity index (χ3v) is 4.05. The van der Waals surface area contributed by atoms with Gasteiger partial charge in [-0.3, -0.25) is 0 Å². The van der Waals surface area contributed by atoms with Gasteiger partial charge in [0.15, 0.2) is 0 Å². The Hall–Kier alpha value is -1.28. The zero-order valence-corrected chi connectivity index (χ0v) is 10.6. The van der Waals surface area contributed by atoms with Crippen LogP contribution in [0.15, 0.2) is 34.7 Å². The molecule has 1 saturated carbocycles. The first-order valence-corrected chi connectivity index (χ1v) is 6.99. The number of furan rings is 1. The zero-order chi connectivity index (χ0) is 12.4. The molecule has 0 spiro atoms. The number of hydrogen-bond acceptors (Lipinski definition) is 2. The van der Waals surface area contributed by atoms with Crippen molar-refractivity contribution in [3.05, 3.63) is 36.1 Å². The molecule has 96 valence electrons. The molecule has 18 heavy (non-hydrogen) atoms. The molecule has 0 aliphatic heterocycles. The average Bonchev–Trinajstić information content (AvgIpc) is 2.84. The summed E-state index contributed by atoms with van der Waals surface area (Å²) in [5.74, 6) is 1.39. The minimum absolute atomic E-state index is 0.444. The molecule has 3 rings (SSSR count). The molecule has 0 saturated heterocycles. The average molecular weight is 244 g/mol. The van der Waals surface area contributed by atoms with Crippen molar-refractivity contribution in [1.82, 2.24) is 0 Å². The van der Waals surface area contributed by atoms with Crippen molar-refractivity contribution in [3.8, 4) is 0 Å². The number of hydrogen-bond donors (Lipinski definition) is 1. The van der Waals surface area contributed by atoms with E-state index < -0.39 is 6.10 Å². The number of aliphatic hydroxyl groups excluding tert-OH is 1. The Morgan fingerprint density at radius 2 is 1.94 bits per heavy atom. The highest BCUT2D eigenvalue weighted by Crippen LogP contribution is 2.33. The van der Waals surface area contributed by atoms with Gasteiger partial charge in [0.2, 0.25) is 0 Å². The third kappa shape index (κ3) is 2.44. The van der Waals surface area contributed by atoms with Gasteiger partial charge in [0.25, 0.3) is 0 Å². The first-order valence-electron chi connectivity index (χ1n) is 6.99. The number of aliphatic hydroxyl groups is 1. The molecule has 2 aromatic rings. The van der Waals surface area contributed by atoms with Gasteiger partial charge in [-0.05, 0) is 24.5 Å². The van der Waals surface area contributed by atoms with Crippen molar-refractivity contribution in [1.29, 1.82) is 0 Å². The fraction of sp³-hybridized carbons (Fsp3) is 0.500. The molecule has 2 heteroatoms. The van der Waals surface area contributed by atoms with E-state index in [1.54, 1.807) is 0 Å². The Kier molecular flexibility index (Phi) is 3.37. The van der Waals surface area contributed by atoms with E-state index in [4.69, 9.17) is 4.42 Å². The first kappa shape index (κ1) is 11.8. The fourth-order valence-electron chi connectivity index (χ4n) is 3.02. The molecular formula is C16H20O2. The van der Waals surface area contributed by atoms with Crippen LogP contribution >= 0.6 is 0 Å². The SMILES string of the molecule is OC(CC1CCCCC1)c1cc2ccccc2o1. The van der Waals surface area contributed by atoms with Crippen LogP contribution < -0.4 is 0 Å². The van der Waals surface area contributed by atoms with Gasteiger partial charge in [-0.15, -0.1) is 0 Å². The van der Waals surface area contributed by atoms with Crippen LogP contribution in [0.4, 0.5) is 0 Å². The highest BCUT2D eigenvalue weighted by atomic mass is 16.4. The van der Waals surface area contributed by atoms with E-state index in [9.17, 15) is 5.11 Å². The number of rotatable bonds is 3. The normalized spacial score (nSPS) is 19.2. The Balaban J connectivity index is 1.72. The lowest BCUT2D eigenvalue weighted by atomic mass is 9.85. The minimum Gasteiger partial charge on any atom is -0.458 e. The van der Waals surface area contributed by atoms with Gasteiger partial charge in [-0.1, -0.05) is 50.3 Å². The highest BCUT2D eigenvalue weighted by molar-refractivity contribution is 5.77. The largest absolute Gasteiger partial charge is 0.458 e. The van der Waals surface area contributed by atoms with E-state index in [1.807, 2.05) is 30.3 Å². The van der Waals surface area contributed by atoms with Gasteiger partial charge in [0.1, 0.15) is 17.4 Å². The first-order chi connectivity index (χ1) is 8.83. The molecule has 1 N–H and O–H groups in total. The minimum atomic E-state index is -0.444. The lowest BCUT2D eigenvalue weighted by Crippen LogP contribution is -2.10. The third-order valence-electron chi connectivity index (χ3n) is 4.05. The van der Waals surface area contributed by atoms with Gasteiger partial charge in [-0.2, -0.15) is 0 Å². The molecule has 1 unspecified atom stereocenters. The Morgan fingerprint density at radius 1 is 1.17 bits per heavy atom. The Morgan fingerprint density at radius 3 is 2.72 bits per heavy atom. The molecule has 0 amide bonds. The van der Waals surface area contributed by atoms with Gasteiger partial charge >= 0.3 is 0 Å². The Labute approximate surface area is 108 Å². The van der Waals surface area contributed by atoms with Crippen molar-refractivity contribution >= 4 is 11.0 Å². The Bertz CT molecular complexity index is 476. The molecule has 1 atom stereocenters. The van der Waals surface area contributed by atoms with E-state index in [0.717, 1.165) is 23.2 Å². The summed E-state index contributed by atoms with van der Waals surface area (Å²) in [6.07, 6.45) is 6.92. The molecular weight excluding hydrogens is 224 g/mol. The summed E-state index contributed by atoms with van der Waals surface area (Å²) in [6.45, 7) is 0. The van der Waals surface area contributed by atoms with Gasteiger partial charge in [0.05, 0.1) is 0 Å². The molecule has 2 nitrogen and oxygen atoms in total. The van der Waals surface area contributed by atoms with E-state index in [-0.39, 0.29) is 0 Å². The summed E-state index contributed by atoms with van der Waals surface area (Å²) in [6, 6.07) is 9.91. The van der Waals surface area contributed by atoms with Crippen molar-refractivity contribution in [2.45, 2.75) is 44.6 Å². The molecule has 1 heterocycles. The molecule has 1 aliphatic carbocycles. The van der Waals surface area contributed by atoms with Crippen LogP contribution in [0, 0.1) is 5.92 Å². The second kappa shape index (κ2) is 5.15. The van der Waals surface area contributed by atoms with Crippen LogP contribution in [-0.4, -0.2) is 5.11 Å². The lowest BCUT2D eigenvalue weighted by molar-refractivity contribution is 0.111. The predicted octanol–water partition coefficient (Wildman–Crippen LogP) is 4.44. The van der Waals surface area contributed by atoms with Crippen molar-refractivity contribution in [3.63, 3.8) is 0 Å². The quantitative estimate of drug-likeness (QED) is 0.866. The van der Waals surface area contributed by atoms with Crippen LogP contribution in [0.3, 0.4) is 0 Å². The smallest absolute Gasteiger partial charge is 0.134 e. The molecule has 1 aliphatic rings. The summed E-state index contributed by atoms with van der Waals surface area (Å²) in [4.78, 5) is 0. The van der Waals surface area contributed by atoms with Crippen molar-refractivity contribution in [2.75, 3.05) is 0 Å². The van der Waals surface area contributed by atoms with Crippen LogP contribution in [0.25, 0.3) is 11.0 Å². The summed E-state index contributed by atoms with van der Waals surface area (Å²) in [5.41, 5.74) is 0.871. The topological polar surface area (TPSA) is 33.4 Å². The van der Waals surface area contributed by atoms with E-state index in [1.165, 1.54) is 32.1 Å². The van der Waals surface area contributed by atoms with Crippen LogP contribution in [-0.2, 0) is 0 Å². The standard InChI is InChI=1S/C16H20O2/c17-14(10-12-6-2-1-3-7-12)16-11-13-8-4-5-9-15(13)18-16/h4-5,8-9,11-12,14,17H,1-3,6-7,10H2. The maximum Gasteiger partial charge on any atom is 0.134 e. The second-order valence-corrected chi connectivity index (χ2v) is 5.44. The van der Waals surface area contributed by atoms with Crippen molar-refractivity contribution < 1.29 is 9.52 Å². The summed E-state index contributed by atoms with van der Waals surface area (Å²) >= 11 is 0.